The van der Waals surface area contributed by atoms with Crippen molar-refractivity contribution in [3.05, 3.63) is 22.4 Å². The Balaban J connectivity index is 1.89. The van der Waals surface area contributed by atoms with Crippen molar-refractivity contribution in [2.75, 3.05) is 26.8 Å². The number of carboxylic acids is 1. The second-order valence-corrected chi connectivity index (χ2v) is 6.43. The van der Waals surface area contributed by atoms with Crippen molar-refractivity contribution < 1.29 is 24.2 Å². The lowest BCUT2D eigenvalue weighted by atomic mass is 9.88. The van der Waals surface area contributed by atoms with Gasteiger partial charge in [-0.15, -0.1) is 11.3 Å². The molecular formula is C15H19NO5S. The summed E-state index contributed by atoms with van der Waals surface area (Å²) in [5.74, 6) is -1.17. The lowest BCUT2D eigenvalue weighted by Crippen LogP contribution is -2.40. The van der Waals surface area contributed by atoms with Crippen LogP contribution in [0, 0.1) is 5.41 Å². The monoisotopic (exact) mass is 325 g/mol. The lowest BCUT2D eigenvalue weighted by Gasteiger charge is -2.23. The topological polar surface area (TPSA) is 83.9 Å². The number of likely N-dealkylation sites (tertiary alicyclic amines) is 1. The molecule has 120 valence electrons. The number of ketones is 1. The number of rotatable bonds is 7. The maximum absolute atomic E-state index is 12.2. The van der Waals surface area contributed by atoms with E-state index in [4.69, 9.17) is 4.74 Å². The number of hydrogen-bond donors (Lipinski definition) is 1. The van der Waals surface area contributed by atoms with Gasteiger partial charge >= 0.3 is 5.97 Å². The number of methoxy groups -OCH3 is 1. The number of hydrogen-bond acceptors (Lipinski definition) is 5. The first-order valence-corrected chi connectivity index (χ1v) is 7.93. The fourth-order valence-electron chi connectivity index (χ4n) is 2.65. The van der Waals surface area contributed by atoms with Crippen molar-refractivity contribution in [2.24, 2.45) is 5.41 Å². The molecule has 0 aromatic carbocycles. The van der Waals surface area contributed by atoms with E-state index < -0.39 is 11.4 Å². The van der Waals surface area contributed by atoms with Crippen LogP contribution in [-0.2, 0) is 14.3 Å². The number of thiophene rings is 1. The van der Waals surface area contributed by atoms with Gasteiger partial charge in [0.05, 0.1) is 11.5 Å². The first-order valence-electron chi connectivity index (χ1n) is 7.05. The Morgan fingerprint density at radius 3 is 2.77 bits per heavy atom. The number of ether oxygens (including phenoxy) is 1. The van der Waals surface area contributed by atoms with E-state index in [0.29, 0.717) is 17.8 Å². The summed E-state index contributed by atoms with van der Waals surface area (Å²) in [7, 11) is 1.45. The second-order valence-electron chi connectivity index (χ2n) is 5.48. The molecule has 1 saturated heterocycles. The number of carbonyl (C=O) groups excluding carboxylic acids is 2. The van der Waals surface area contributed by atoms with Crippen LogP contribution in [0.2, 0.25) is 0 Å². The minimum Gasteiger partial charge on any atom is -0.481 e. The quantitative estimate of drug-likeness (QED) is 0.771. The first kappa shape index (κ1) is 16.6. The van der Waals surface area contributed by atoms with Gasteiger partial charge in [0.2, 0.25) is 5.91 Å². The van der Waals surface area contributed by atoms with Crippen molar-refractivity contribution in [3.8, 4) is 0 Å². The average molecular weight is 325 g/mol. The Morgan fingerprint density at radius 1 is 1.41 bits per heavy atom. The van der Waals surface area contributed by atoms with Crippen LogP contribution in [0.3, 0.4) is 0 Å². The van der Waals surface area contributed by atoms with E-state index in [-0.39, 0.29) is 37.7 Å². The highest BCUT2D eigenvalue weighted by atomic mass is 32.1. The van der Waals surface area contributed by atoms with E-state index in [1.807, 2.05) is 5.38 Å². The normalized spacial score (nSPS) is 21.0. The minimum absolute atomic E-state index is 0.0519. The summed E-state index contributed by atoms with van der Waals surface area (Å²) in [4.78, 5) is 37.7. The fraction of sp³-hybridized carbons (Fsp3) is 0.533. The van der Waals surface area contributed by atoms with Gasteiger partial charge in [-0.1, -0.05) is 6.07 Å². The molecule has 2 heterocycles. The van der Waals surface area contributed by atoms with Gasteiger partial charge in [0.1, 0.15) is 5.41 Å². The zero-order valence-electron chi connectivity index (χ0n) is 12.4. The standard InChI is InChI=1S/C15H19NO5S/c1-21-10-15(14(19)20)6-7-16(9-15)13(18)5-4-11(17)12-3-2-8-22-12/h2-3,8H,4-7,9-10H2,1H3,(H,19,20). The molecule has 0 aliphatic carbocycles. The maximum Gasteiger partial charge on any atom is 0.313 e. The predicted octanol–water partition coefficient (Wildman–Crippen LogP) is 1.66. The average Bonchev–Trinajstić information content (AvgIpc) is 3.14. The molecule has 1 unspecified atom stereocenters. The van der Waals surface area contributed by atoms with E-state index in [9.17, 15) is 19.5 Å². The van der Waals surface area contributed by atoms with Crippen LogP contribution in [0.25, 0.3) is 0 Å². The van der Waals surface area contributed by atoms with Crippen molar-refractivity contribution in [1.29, 1.82) is 0 Å². The van der Waals surface area contributed by atoms with E-state index in [0.717, 1.165) is 0 Å². The molecule has 0 bridgehead atoms. The molecule has 0 saturated carbocycles. The van der Waals surface area contributed by atoms with Crippen molar-refractivity contribution >= 4 is 29.0 Å². The Bertz CT molecular complexity index is 556. The summed E-state index contributed by atoms with van der Waals surface area (Å²) in [6.45, 7) is 0.615. The van der Waals surface area contributed by atoms with Crippen LogP contribution in [-0.4, -0.2) is 54.5 Å². The van der Waals surface area contributed by atoms with E-state index in [2.05, 4.69) is 0 Å². The third kappa shape index (κ3) is 3.53. The molecule has 1 amide bonds. The fourth-order valence-corrected chi connectivity index (χ4v) is 3.35. The highest BCUT2D eigenvalue weighted by Crippen LogP contribution is 2.31. The smallest absolute Gasteiger partial charge is 0.313 e. The summed E-state index contributed by atoms with van der Waals surface area (Å²) in [5, 5.41) is 11.2. The van der Waals surface area contributed by atoms with Gasteiger partial charge in [0, 0.05) is 33.0 Å². The second kappa shape index (κ2) is 7.02. The Kier molecular flexibility index (Phi) is 5.31. The molecule has 1 N–H and O–H groups in total. The molecule has 1 aliphatic heterocycles. The molecule has 1 aromatic heterocycles. The molecule has 1 atom stereocenters. The van der Waals surface area contributed by atoms with E-state index in [1.165, 1.54) is 23.3 Å². The molecular weight excluding hydrogens is 306 g/mol. The number of aliphatic carboxylic acids is 1. The first-order chi connectivity index (χ1) is 10.5. The zero-order chi connectivity index (χ0) is 16.2. The lowest BCUT2D eigenvalue weighted by molar-refractivity contribution is -0.151. The highest BCUT2D eigenvalue weighted by molar-refractivity contribution is 7.12. The molecule has 0 radical (unpaired) electrons. The Hall–Kier alpha value is -1.73. The van der Waals surface area contributed by atoms with Gasteiger partial charge in [-0.3, -0.25) is 14.4 Å². The molecule has 2 rings (SSSR count). The number of carboxylic acid groups (broad SMARTS) is 1. The molecule has 1 aliphatic rings. The van der Waals surface area contributed by atoms with Crippen LogP contribution in [0.1, 0.15) is 28.9 Å². The van der Waals surface area contributed by atoms with E-state index in [1.54, 1.807) is 12.1 Å². The third-order valence-corrected chi connectivity index (χ3v) is 4.85. The maximum atomic E-state index is 12.2. The predicted molar refractivity (Wildman–Crippen MR) is 81.0 cm³/mol. The molecule has 22 heavy (non-hydrogen) atoms. The summed E-state index contributed by atoms with van der Waals surface area (Å²) < 4.78 is 4.99. The molecule has 7 heteroatoms. The van der Waals surface area contributed by atoms with E-state index >= 15 is 0 Å². The largest absolute Gasteiger partial charge is 0.481 e. The zero-order valence-corrected chi connectivity index (χ0v) is 13.2. The number of carbonyl (C=O) groups is 3. The molecule has 0 spiro atoms. The van der Waals surface area contributed by atoms with Crippen LogP contribution in [0.4, 0.5) is 0 Å². The van der Waals surface area contributed by atoms with Crippen LogP contribution < -0.4 is 0 Å². The summed E-state index contributed by atoms with van der Waals surface area (Å²) >= 11 is 1.36. The van der Waals surface area contributed by atoms with Crippen molar-refractivity contribution in [1.82, 2.24) is 4.90 Å². The number of Topliss-reactive ketones (excluding diaryl/α,β-unsaturated/α-hetero) is 1. The molecule has 1 fully saturated rings. The number of nitrogens with zero attached hydrogens (tertiary/aromatic N) is 1. The third-order valence-electron chi connectivity index (χ3n) is 3.94. The van der Waals surface area contributed by atoms with Gasteiger partial charge in [-0.2, -0.15) is 0 Å². The summed E-state index contributed by atoms with van der Waals surface area (Å²) in [6, 6.07) is 3.54. The van der Waals surface area contributed by atoms with Gasteiger partial charge in [-0.25, -0.2) is 0 Å². The Labute approximate surface area is 132 Å². The van der Waals surface area contributed by atoms with Gasteiger partial charge < -0.3 is 14.7 Å². The van der Waals surface area contributed by atoms with Crippen LogP contribution in [0.5, 0.6) is 0 Å². The summed E-state index contributed by atoms with van der Waals surface area (Å²) in [6.07, 6.45) is 0.639. The van der Waals surface area contributed by atoms with Gasteiger partial charge in [0.25, 0.3) is 0 Å². The van der Waals surface area contributed by atoms with Crippen LogP contribution in [0.15, 0.2) is 17.5 Å². The summed E-state index contributed by atoms with van der Waals surface area (Å²) in [5.41, 5.74) is -1.03. The van der Waals surface area contributed by atoms with Crippen LogP contribution >= 0.6 is 11.3 Å². The number of amides is 1. The molecule has 6 nitrogen and oxygen atoms in total. The van der Waals surface area contributed by atoms with Gasteiger partial charge in [0.15, 0.2) is 5.78 Å². The minimum atomic E-state index is -1.03. The van der Waals surface area contributed by atoms with Crippen molar-refractivity contribution in [3.63, 3.8) is 0 Å². The van der Waals surface area contributed by atoms with Crippen molar-refractivity contribution in [2.45, 2.75) is 19.3 Å². The SMILES string of the molecule is COCC1(C(=O)O)CCN(C(=O)CCC(=O)c2cccs2)C1. The molecule has 1 aromatic rings. The Morgan fingerprint density at radius 2 is 2.18 bits per heavy atom. The highest BCUT2D eigenvalue weighted by Gasteiger charge is 2.46. The van der Waals surface area contributed by atoms with Gasteiger partial charge in [-0.05, 0) is 17.9 Å².